The molecule has 2 aromatic carbocycles. The second kappa shape index (κ2) is 5.30. The molecule has 21 heavy (non-hydrogen) atoms. The third kappa shape index (κ3) is 2.67. The van der Waals surface area contributed by atoms with Crippen molar-refractivity contribution in [3.63, 3.8) is 0 Å². The molecule has 108 valence electrons. The van der Waals surface area contributed by atoms with Crippen LogP contribution in [0.4, 0.5) is 5.69 Å². The van der Waals surface area contributed by atoms with Crippen molar-refractivity contribution in [1.29, 1.82) is 0 Å². The highest BCUT2D eigenvalue weighted by Gasteiger charge is 2.24. The molecular formula is C16H15ClN2O2. The number of hydrogen-bond donors (Lipinski definition) is 3. The van der Waals surface area contributed by atoms with E-state index in [4.69, 9.17) is 17.3 Å². The van der Waals surface area contributed by atoms with E-state index in [9.17, 15) is 9.90 Å². The van der Waals surface area contributed by atoms with Crippen LogP contribution in [0.25, 0.3) is 0 Å². The lowest BCUT2D eigenvalue weighted by Gasteiger charge is -2.14. The lowest BCUT2D eigenvalue weighted by Crippen LogP contribution is -2.27. The fraction of sp³-hybridized carbons (Fsp3) is 0.188. The lowest BCUT2D eigenvalue weighted by atomic mass is 10.1. The Morgan fingerprint density at radius 1 is 1.29 bits per heavy atom. The van der Waals surface area contributed by atoms with Crippen molar-refractivity contribution in [2.75, 3.05) is 5.73 Å². The van der Waals surface area contributed by atoms with Crippen LogP contribution in [0.15, 0.2) is 36.4 Å². The number of hydrogen-bond acceptors (Lipinski definition) is 3. The van der Waals surface area contributed by atoms with Gasteiger partial charge in [-0.2, -0.15) is 0 Å². The summed E-state index contributed by atoms with van der Waals surface area (Å²) in [5.41, 5.74) is 9.25. The van der Waals surface area contributed by atoms with Gasteiger partial charge in [0.05, 0.1) is 11.1 Å². The van der Waals surface area contributed by atoms with Gasteiger partial charge in [0.1, 0.15) is 5.75 Å². The highest BCUT2D eigenvalue weighted by Crippen LogP contribution is 2.32. The Bertz CT molecular complexity index is 715. The summed E-state index contributed by atoms with van der Waals surface area (Å²) < 4.78 is 0. The molecule has 4 N–H and O–H groups in total. The van der Waals surface area contributed by atoms with Crippen molar-refractivity contribution in [1.82, 2.24) is 5.32 Å². The molecule has 1 atom stereocenters. The van der Waals surface area contributed by atoms with Gasteiger partial charge in [-0.1, -0.05) is 17.7 Å². The third-order valence-corrected chi connectivity index (χ3v) is 4.06. The highest BCUT2D eigenvalue weighted by atomic mass is 35.5. The van der Waals surface area contributed by atoms with Gasteiger partial charge in [0, 0.05) is 11.3 Å². The minimum atomic E-state index is -0.202. The van der Waals surface area contributed by atoms with Gasteiger partial charge in [0.15, 0.2) is 0 Å². The number of carbonyl (C=O) groups is 1. The molecule has 4 nitrogen and oxygen atoms in total. The van der Waals surface area contributed by atoms with Crippen LogP contribution in [0.1, 0.15) is 33.9 Å². The van der Waals surface area contributed by atoms with E-state index in [1.807, 2.05) is 18.2 Å². The second-order valence-electron chi connectivity index (χ2n) is 5.19. The molecule has 0 aromatic heterocycles. The first kappa shape index (κ1) is 13.8. The number of carbonyl (C=O) groups excluding carboxylic acids is 1. The van der Waals surface area contributed by atoms with Crippen molar-refractivity contribution in [2.45, 2.75) is 18.9 Å². The number of nitrogen functional groups attached to an aromatic ring is 1. The van der Waals surface area contributed by atoms with Crippen LogP contribution in [-0.4, -0.2) is 11.0 Å². The van der Waals surface area contributed by atoms with Crippen molar-refractivity contribution < 1.29 is 9.90 Å². The molecule has 0 bridgehead atoms. The summed E-state index contributed by atoms with van der Waals surface area (Å²) in [6.45, 7) is 0. The van der Waals surface area contributed by atoms with Crippen molar-refractivity contribution in [3.05, 3.63) is 58.1 Å². The number of anilines is 1. The van der Waals surface area contributed by atoms with E-state index < -0.39 is 0 Å². The van der Waals surface area contributed by atoms with E-state index in [0.29, 0.717) is 5.56 Å². The molecule has 0 aliphatic heterocycles. The predicted molar refractivity (Wildman–Crippen MR) is 82.5 cm³/mol. The molecule has 1 aliphatic rings. The Morgan fingerprint density at radius 3 is 2.86 bits per heavy atom. The zero-order valence-corrected chi connectivity index (χ0v) is 12.0. The van der Waals surface area contributed by atoms with E-state index in [-0.39, 0.29) is 22.7 Å². The minimum Gasteiger partial charge on any atom is -0.506 e. The number of halogens is 1. The topological polar surface area (TPSA) is 75.3 Å². The van der Waals surface area contributed by atoms with E-state index >= 15 is 0 Å². The number of phenolic OH excluding ortho intramolecular Hbond substituents is 1. The SMILES string of the molecule is Nc1ccc2c(c1)CCC2NC(=O)c1ccc(O)c(Cl)c1. The second-order valence-corrected chi connectivity index (χ2v) is 5.60. The molecule has 3 rings (SSSR count). The molecule has 5 heteroatoms. The Balaban J connectivity index is 1.79. The number of benzene rings is 2. The number of fused-ring (bicyclic) bond motifs is 1. The largest absolute Gasteiger partial charge is 0.506 e. The van der Waals surface area contributed by atoms with Gasteiger partial charge in [0.2, 0.25) is 0 Å². The number of aromatic hydroxyl groups is 1. The number of amides is 1. The molecule has 0 saturated carbocycles. The first-order valence-electron chi connectivity index (χ1n) is 6.72. The Hall–Kier alpha value is -2.20. The predicted octanol–water partition coefficient (Wildman–Crippen LogP) is 3.05. The molecule has 0 spiro atoms. The van der Waals surface area contributed by atoms with E-state index in [1.165, 1.54) is 17.7 Å². The fourth-order valence-corrected chi connectivity index (χ4v) is 2.86. The first-order valence-corrected chi connectivity index (χ1v) is 7.10. The molecule has 0 heterocycles. The molecule has 2 aromatic rings. The van der Waals surface area contributed by atoms with Gasteiger partial charge in [-0.05, 0) is 54.3 Å². The van der Waals surface area contributed by atoms with Gasteiger partial charge in [0.25, 0.3) is 5.91 Å². The van der Waals surface area contributed by atoms with Gasteiger partial charge in [-0.25, -0.2) is 0 Å². The fourth-order valence-electron chi connectivity index (χ4n) is 2.68. The van der Waals surface area contributed by atoms with Crippen LogP contribution < -0.4 is 11.1 Å². The van der Waals surface area contributed by atoms with E-state index in [2.05, 4.69) is 5.32 Å². The molecule has 0 saturated heterocycles. The molecule has 0 fully saturated rings. The van der Waals surface area contributed by atoms with Gasteiger partial charge >= 0.3 is 0 Å². The Morgan fingerprint density at radius 2 is 2.10 bits per heavy atom. The maximum Gasteiger partial charge on any atom is 0.251 e. The van der Waals surface area contributed by atoms with Crippen molar-refractivity contribution >= 4 is 23.2 Å². The smallest absolute Gasteiger partial charge is 0.251 e. The van der Waals surface area contributed by atoms with Crippen molar-refractivity contribution in [3.8, 4) is 5.75 Å². The van der Waals surface area contributed by atoms with Crippen LogP contribution in [0, 0.1) is 0 Å². The summed E-state index contributed by atoms with van der Waals surface area (Å²) in [6, 6.07) is 10.2. The van der Waals surface area contributed by atoms with Gasteiger partial charge in [-0.3, -0.25) is 4.79 Å². The van der Waals surface area contributed by atoms with Crippen LogP contribution in [0.5, 0.6) is 5.75 Å². The van der Waals surface area contributed by atoms with Gasteiger partial charge in [-0.15, -0.1) is 0 Å². The number of rotatable bonds is 2. The average molecular weight is 303 g/mol. The first-order chi connectivity index (χ1) is 10.0. The van der Waals surface area contributed by atoms with E-state index in [0.717, 1.165) is 24.1 Å². The molecule has 1 amide bonds. The van der Waals surface area contributed by atoms with Crippen molar-refractivity contribution in [2.24, 2.45) is 0 Å². The summed E-state index contributed by atoms with van der Waals surface area (Å²) in [4.78, 5) is 12.3. The third-order valence-electron chi connectivity index (χ3n) is 3.76. The number of nitrogens with two attached hydrogens (primary N) is 1. The monoisotopic (exact) mass is 302 g/mol. The quantitative estimate of drug-likeness (QED) is 0.746. The summed E-state index contributed by atoms with van der Waals surface area (Å²) in [6.07, 6.45) is 1.76. The molecule has 0 radical (unpaired) electrons. The summed E-state index contributed by atoms with van der Waals surface area (Å²) in [5, 5.41) is 12.6. The molecule has 1 aliphatic carbocycles. The summed E-state index contributed by atoms with van der Waals surface area (Å²) in [5.74, 6) is -0.235. The molecular weight excluding hydrogens is 288 g/mol. The highest BCUT2D eigenvalue weighted by molar-refractivity contribution is 6.32. The maximum absolute atomic E-state index is 12.3. The van der Waals surface area contributed by atoms with Crippen LogP contribution >= 0.6 is 11.6 Å². The van der Waals surface area contributed by atoms with E-state index in [1.54, 1.807) is 6.07 Å². The van der Waals surface area contributed by atoms with Crippen LogP contribution in [0.3, 0.4) is 0 Å². The van der Waals surface area contributed by atoms with Crippen LogP contribution in [-0.2, 0) is 6.42 Å². The zero-order chi connectivity index (χ0) is 15.0. The number of aryl methyl sites for hydroxylation is 1. The number of phenols is 1. The normalized spacial score (nSPS) is 16.5. The minimum absolute atomic E-state index is 0.0133. The zero-order valence-electron chi connectivity index (χ0n) is 11.3. The average Bonchev–Trinajstić information content (AvgIpc) is 2.84. The van der Waals surface area contributed by atoms with Crippen LogP contribution in [0.2, 0.25) is 5.02 Å². The number of nitrogens with one attached hydrogen (secondary N) is 1. The Labute approximate surface area is 127 Å². The summed E-state index contributed by atoms with van der Waals surface area (Å²) >= 11 is 5.83. The Kier molecular flexibility index (Phi) is 3.47. The lowest BCUT2D eigenvalue weighted by molar-refractivity contribution is 0.0936. The summed E-state index contributed by atoms with van der Waals surface area (Å²) in [7, 11) is 0. The standard InChI is InChI=1S/C16H15ClN2O2/c17-13-8-10(2-6-15(13)20)16(21)19-14-5-1-9-7-11(18)3-4-12(9)14/h2-4,6-8,14,20H,1,5,18H2,(H,19,21). The van der Waals surface area contributed by atoms with Gasteiger partial charge < -0.3 is 16.2 Å². The maximum atomic E-state index is 12.3. The molecule has 1 unspecified atom stereocenters.